The second-order valence-corrected chi connectivity index (χ2v) is 6.93. The van der Waals surface area contributed by atoms with Gasteiger partial charge in [0.15, 0.2) is 11.2 Å². The Morgan fingerprint density at radius 3 is 2.65 bits per heavy atom. The molecule has 1 amide bonds. The molecule has 5 rings (SSSR count). The van der Waals surface area contributed by atoms with E-state index < -0.39 is 17.3 Å². The van der Waals surface area contributed by atoms with Gasteiger partial charge in [0.05, 0.1) is 6.54 Å². The first-order valence-corrected chi connectivity index (χ1v) is 9.45. The molecule has 8 nitrogen and oxygen atoms in total. The molecule has 0 spiro atoms. The molecule has 9 heteroatoms. The zero-order valence-corrected chi connectivity index (χ0v) is 16.0. The molecule has 0 saturated carbocycles. The van der Waals surface area contributed by atoms with Crippen LogP contribution in [0.1, 0.15) is 16.2 Å². The van der Waals surface area contributed by atoms with E-state index in [0.29, 0.717) is 12.2 Å². The predicted octanol–water partition coefficient (Wildman–Crippen LogP) is 3.11. The van der Waals surface area contributed by atoms with Crippen LogP contribution in [0.15, 0.2) is 71.5 Å². The second-order valence-electron chi connectivity index (χ2n) is 6.93. The van der Waals surface area contributed by atoms with Crippen LogP contribution in [0, 0.1) is 5.82 Å². The van der Waals surface area contributed by atoms with Crippen LogP contribution in [-0.4, -0.2) is 30.9 Å². The first kappa shape index (κ1) is 18.6. The van der Waals surface area contributed by atoms with Gasteiger partial charge in [-0.05, 0) is 40.6 Å². The lowest BCUT2D eigenvalue weighted by atomic mass is 10.0. The van der Waals surface area contributed by atoms with Gasteiger partial charge in [0.2, 0.25) is 5.82 Å². The number of nitrogens with one attached hydrogen (secondary N) is 2. The van der Waals surface area contributed by atoms with Gasteiger partial charge in [-0.15, -0.1) is 5.10 Å². The molecular weight excluding hydrogens is 399 g/mol. The maximum Gasteiger partial charge on any atom is 0.291 e. The normalized spacial score (nSPS) is 11.1. The summed E-state index contributed by atoms with van der Waals surface area (Å²) < 4.78 is 14.6. The van der Waals surface area contributed by atoms with Crippen molar-refractivity contribution in [1.82, 2.24) is 25.0 Å². The van der Waals surface area contributed by atoms with E-state index >= 15 is 0 Å². The topological polar surface area (TPSA) is 106 Å². The first-order chi connectivity index (χ1) is 15.1. The van der Waals surface area contributed by atoms with E-state index in [1.54, 1.807) is 0 Å². The third kappa shape index (κ3) is 3.52. The van der Waals surface area contributed by atoms with Crippen LogP contribution < -0.4 is 10.9 Å². The number of hydrogen-bond donors (Lipinski definition) is 2. The molecule has 0 unspecified atom stereocenters. The third-order valence-electron chi connectivity index (χ3n) is 4.89. The van der Waals surface area contributed by atoms with Crippen molar-refractivity contribution in [3.63, 3.8) is 0 Å². The lowest BCUT2D eigenvalue weighted by Gasteiger charge is -2.07. The molecule has 152 valence electrons. The van der Waals surface area contributed by atoms with Crippen molar-refractivity contribution < 1.29 is 9.18 Å². The first-order valence-electron chi connectivity index (χ1n) is 9.45. The standard InChI is InChI=1S/C22H15FN6O2/c23-15-8-10-16(11-9-15)24-22(31)19-25-20-18(21(30)26-19)27-28-29(20)12-14-6-3-5-13-4-1-2-7-17(13)14/h1-11H,12H2,(H,24,31)(H,25,26,30). The molecule has 0 bridgehead atoms. The number of benzene rings is 3. The highest BCUT2D eigenvalue weighted by molar-refractivity contribution is 6.02. The van der Waals surface area contributed by atoms with Crippen LogP contribution in [0.2, 0.25) is 0 Å². The molecule has 0 radical (unpaired) electrons. The van der Waals surface area contributed by atoms with Gasteiger partial charge < -0.3 is 10.3 Å². The number of H-pyrrole nitrogens is 1. The van der Waals surface area contributed by atoms with Gasteiger partial charge in [-0.2, -0.15) is 0 Å². The number of hydrogen-bond acceptors (Lipinski definition) is 5. The van der Waals surface area contributed by atoms with Crippen LogP contribution in [0.5, 0.6) is 0 Å². The van der Waals surface area contributed by atoms with E-state index in [4.69, 9.17) is 0 Å². The van der Waals surface area contributed by atoms with Crippen molar-refractivity contribution in [3.05, 3.63) is 94.3 Å². The van der Waals surface area contributed by atoms with E-state index in [9.17, 15) is 14.0 Å². The van der Waals surface area contributed by atoms with Crippen LogP contribution in [0.4, 0.5) is 10.1 Å². The Kier molecular flexibility index (Phi) is 4.47. The minimum absolute atomic E-state index is 0.0403. The smallest absolute Gasteiger partial charge is 0.291 e. The molecule has 0 atom stereocenters. The number of nitrogens with zero attached hydrogens (tertiary/aromatic N) is 4. The van der Waals surface area contributed by atoms with Gasteiger partial charge in [0.1, 0.15) is 5.82 Å². The van der Waals surface area contributed by atoms with Crippen molar-refractivity contribution in [2.45, 2.75) is 6.54 Å². The number of carbonyl (C=O) groups is 1. The van der Waals surface area contributed by atoms with Gasteiger partial charge in [-0.1, -0.05) is 47.7 Å². The van der Waals surface area contributed by atoms with E-state index in [-0.39, 0.29) is 17.0 Å². The zero-order valence-electron chi connectivity index (χ0n) is 16.0. The Hall–Kier alpha value is -4.40. The molecular formula is C22H15FN6O2. The second kappa shape index (κ2) is 7.45. The summed E-state index contributed by atoms with van der Waals surface area (Å²) in [6.45, 7) is 0.327. The van der Waals surface area contributed by atoms with Gasteiger partial charge in [-0.25, -0.2) is 14.1 Å². The number of fused-ring (bicyclic) bond motifs is 2. The maximum atomic E-state index is 13.1. The molecule has 31 heavy (non-hydrogen) atoms. The van der Waals surface area contributed by atoms with Crippen LogP contribution in [0.25, 0.3) is 21.9 Å². The van der Waals surface area contributed by atoms with Crippen LogP contribution >= 0.6 is 0 Å². The molecule has 0 saturated heterocycles. The predicted molar refractivity (Wildman–Crippen MR) is 113 cm³/mol. The molecule has 3 aromatic carbocycles. The Morgan fingerprint density at radius 2 is 1.81 bits per heavy atom. The summed E-state index contributed by atoms with van der Waals surface area (Å²) in [5.74, 6) is -1.25. The van der Waals surface area contributed by atoms with Crippen molar-refractivity contribution >= 4 is 33.5 Å². The zero-order chi connectivity index (χ0) is 21.4. The number of rotatable bonds is 4. The molecule has 2 aromatic heterocycles. The fourth-order valence-electron chi connectivity index (χ4n) is 3.40. The average Bonchev–Trinajstić information content (AvgIpc) is 3.19. The lowest BCUT2D eigenvalue weighted by molar-refractivity contribution is 0.101. The van der Waals surface area contributed by atoms with Crippen LogP contribution in [-0.2, 0) is 6.54 Å². The molecule has 0 fully saturated rings. The molecule has 0 aliphatic carbocycles. The highest BCUT2D eigenvalue weighted by Crippen LogP contribution is 2.20. The molecule has 5 aromatic rings. The maximum absolute atomic E-state index is 13.1. The fraction of sp³-hybridized carbons (Fsp3) is 0.0455. The highest BCUT2D eigenvalue weighted by Gasteiger charge is 2.17. The quantitative estimate of drug-likeness (QED) is 0.470. The summed E-state index contributed by atoms with van der Waals surface area (Å²) in [6, 6.07) is 19.1. The third-order valence-corrected chi connectivity index (χ3v) is 4.89. The highest BCUT2D eigenvalue weighted by atomic mass is 19.1. The van der Waals surface area contributed by atoms with Gasteiger partial charge in [0, 0.05) is 5.69 Å². The molecule has 2 heterocycles. The number of carbonyl (C=O) groups excluding carboxylic acids is 1. The SMILES string of the molecule is O=C(Nc1ccc(F)cc1)c1nc2c(nnn2Cc2cccc3ccccc23)c(=O)[nH]1. The summed E-state index contributed by atoms with van der Waals surface area (Å²) in [5, 5.41) is 12.7. The largest absolute Gasteiger partial charge is 0.319 e. The Labute approximate surface area is 174 Å². The van der Waals surface area contributed by atoms with Crippen molar-refractivity contribution in [2.24, 2.45) is 0 Å². The fourth-order valence-corrected chi connectivity index (χ4v) is 3.40. The molecule has 2 N–H and O–H groups in total. The van der Waals surface area contributed by atoms with E-state index in [0.717, 1.165) is 16.3 Å². The van der Waals surface area contributed by atoms with E-state index in [1.807, 2.05) is 42.5 Å². The Bertz CT molecular complexity index is 1480. The number of aromatic amines is 1. The summed E-state index contributed by atoms with van der Waals surface area (Å²) >= 11 is 0. The Balaban J connectivity index is 1.52. The summed E-state index contributed by atoms with van der Waals surface area (Å²) in [6.07, 6.45) is 0. The molecule has 0 aliphatic heterocycles. The lowest BCUT2D eigenvalue weighted by Crippen LogP contribution is -2.21. The number of halogens is 1. The number of anilines is 1. The van der Waals surface area contributed by atoms with Crippen molar-refractivity contribution in [1.29, 1.82) is 0 Å². The summed E-state index contributed by atoms with van der Waals surface area (Å²) in [5.41, 5.74) is 1.01. The van der Waals surface area contributed by atoms with Gasteiger partial charge in [-0.3, -0.25) is 9.59 Å². The van der Waals surface area contributed by atoms with Crippen molar-refractivity contribution in [3.8, 4) is 0 Å². The Morgan fingerprint density at radius 1 is 1.03 bits per heavy atom. The summed E-state index contributed by atoms with van der Waals surface area (Å²) in [7, 11) is 0. The average molecular weight is 414 g/mol. The minimum Gasteiger partial charge on any atom is -0.319 e. The monoisotopic (exact) mass is 414 g/mol. The van der Waals surface area contributed by atoms with Crippen molar-refractivity contribution in [2.75, 3.05) is 5.32 Å². The molecule has 0 aliphatic rings. The summed E-state index contributed by atoms with van der Waals surface area (Å²) in [4.78, 5) is 31.7. The van der Waals surface area contributed by atoms with Gasteiger partial charge in [0.25, 0.3) is 11.5 Å². The van der Waals surface area contributed by atoms with Gasteiger partial charge >= 0.3 is 0 Å². The van der Waals surface area contributed by atoms with E-state index in [1.165, 1.54) is 28.9 Å². The van der Waals surface area contributed by atoms with Crippen LogP contribution in [0.3, 0.4) is 0 Å². The van der Waals surface area contributed by atoms with E-state index in [2.05, 4.69) is 25.6 Å². The number of aromatic nitrogens is 5. The minimum atomic E-state index is -0.636. The number of amides is 1.